The average Bonchev–Trinajstić information content (AvgIpc) is 2.44. The van der Waals surface area contributed by atoms with Gasteiger partial charge in [0, 0.05) is 20.2 Å². The molecule has 0 radical (unpaired) electrons. The number of benzene rings is 1. The lowest BCUT2D eigenvalue weighted by atomic mass is 10.1. The highest BCUT2D eigenvalue weighted by Gasteiger charge is 2.26. The molecule has 1 aromatic rings. The summed E-state index contributed by atoms with van der Waals surface area (Å²) < 4.78 is 32.1. The fourth-order valence-electron chi connectivity index (χ4n) is 1.67. The van der Waals surface area contributed by atoms with Crippen LogP contribution < -0.4 is 0 Å². The number of nitrogens with zero attached hydrogens (tertiary/aromatic N) is 2. The van der Waals surface area contributed by atoms with Crippen molar-refractivity contribution in [1.29, 1.82) is 0 Å². The maximum absolute atomic E-state index is 14.0. The van der Waals surface area contributed by atoms with Crippen LogP contribution in [-0.2, 0) is 4.74 Å². The Labute approximate surface area is 119 Å². The smallest absolute Gasteiger partial charge is 0.308 e. The zero-order chi connectivity index (χ0) is 16.0. The lowest BCUT2D eigenvalue weighted by Crippen LogP contribution is -2.34. The van der Waals surface area contributed by atoms with Crippen molar-refractivity contribution < 1.29 is 23.2 Å². The molecule has 0 aliphatic rings. The highest BCUT2D eigenvalue weighted by atomic mass is 19.1. The largest absolute Gasteiger partial charge is 0.383 e. The summed E-state index contributed by atoms with van der Waals surface area (Å²) >= 11 is 0. The Morgan fingerprint density at radius 1 is 1.52 bits per heavy atom. The van der Waals surface area contributed by atoms with Crippen LogP contribution >= 0.6 is 0 Å². The van der Waals surface area contributed by atoms with E-state index in [1.807, 2.05) is 0 Å². The summed E-state index contributed by atoms with van der Waals surface area (Å²) in [7, 11) is 1.42. The molecule has 0 spiro atoms. The molecule has 0 atom stereocenters. The van der Waals surface area contributed by atoms with E-state index < -0.39 is 33.7 Å². The van der Waals surface area contributed by atoms with Crippen molar-refractivity contribution in [2.24, 2.45) is 0 Å². The van der Waals surface area contributed by atoms with Gasteiger partial charge in [0.05, 0.1) is 23.2 Å². The van der Waals surface area contributed by atoms with Gasteiger partial charge in [0.15, 0.2) is 0 Å². The monoisotopic (exact) mass is 300 g/mol. The molecule has 0 N–H and O–H groups in total. The Bertz CT molecular complexity index is 563. The van der Waals surface area contributed by atoms with Gasteiger partial charge in [0.1, 0.15) is 5.82 Å². The first-order chi connectivity index (χ1) is 9.92. The normalized spacial score (nSPS) is 10.2. The number of halogens is 2. The summed E-state index contributed by atoms with van der Waals surface area (Å²) in [5.41, 5.74) is -1.77. The zero-order valence-electron chi connectivity index (χ0n) is 11.3. The van der Waals surface area contributed by atoms with Crippen LogP contribution in [0.2, 0.25) is 0 Å². The van der Waals surface area contributed by atoms with E-state index in [-0.39, 0.29) is 19.7 Å². The van der Waals surface area contributed by atoms with Crippen molar-refractivity contribution in [2.45, 2.75) is 0 Å². The number of rotatable bonds is 7. The van der Waals surface area contributed by atoms with E-state index in [2.05, 4.69) is 6.58 Å². The van der Waals surface area contributed by atoms with Crippen molar-refractivity contribution >= 4 is 11.6 Å². The topological polar surface area (TPSA) is 72.7 Å². The van der Waals surface area contributed by atoms with Gasteiger partial charge in [-0.1, -0.05) is 6.08 Å². The first-order valence-corrected chi connectivity index (χ1v) is 5.95. The van der Waals surface area contributed by atoms with Gasteiger partial charge in [-0.05, 0) is 6.07 Å². The third-order valence-electron chi connectivity index (χ3n) is 2.65. The van der Waals surface area contributed by atoms with Crippen LogP contribution in [0.3, 0.4) is 0 Å². The number of nitro benzene ring substituents is 1. The third kappa shape index (κ3) is 4.06. The lowest BCUT2D eigenvalue weighted by Gasteiger charge is -2.21. The van der Waals surface area contributed by atoms with Gasteiger partial charge in [-0.15, -0.1) is 6.58 Å². The van der Waals surface area contributed by atoms with Gasteiger partial charge in [-0.25, -0.2) is 4.39 Å². The molecular formula is C13H14F2N2O4. The highest BCUT2D eigenvalue weighted by Crippen LogP contribution is 2.23. The van der Waals surface area contributed by atoms with Crippen LogP contribution in [0.25, 0.3) is 0 Å². The second kappa shape index (κ2) is 7.44. The fourth-order valence-corrected chi connectivity index (χ4v) is 1.67. The summed E-state index contributed by atoms with van der Waals surface area (Å²) in [6, 6.07) is 1.06. The van der Waals surface area contributed by atoms with Crippen LogP contribution in [-0.4, -0.2) is 42.5 Å². The predicted molar refractivity (Wildman–Crippen MR) is 71.0 cm³/mol. The number of amides is 1. The number of hydrogen-bond acceptors (Lipinski definition) is 4. The molecule has 0 aliphatic heterocycles. The Morgan fingerprint density at radius 2 is 2.19 bits per heavy atom. The van der Waals surface area contributed by atoms with Crippen LogP contribution in [0.1, 0.15) is 10.4 Å². The molecule has 0 heterocycles. The summed E-state index contributed by atoms with van der Waals surface area (Å²) in [6.45, 7) is 3.83. The predicted octanol–water partition coefficient (Wildman–Crippen LogP) is 2.15. The first kappa shape index (κ1) is 16.7. The summed E-state index contributed by atoms with van der Waals surface area (Å²) in [4.78, 5) is 22.9. The molecule has 0 bridgehead atoms. The SMILES string of the molecule is C=CCN(CCOC)C(=O)c1cc(F)cc([N+](=O)[O-])c1F. The number of ether oxygens (including phenoxy) is 1. The Balaban J connectivity index is 3.20. The van der Waals surface area contributed by atoms with Crippen LogP contribution in [0.5, 0.6) is 0 Å². The molecule has 0 aliphatic carbocycles. The molecule has 6 nitrogen and oxygen atoms in total. The van der Waals surface area contributed by atoms with E-state index in [1.54, 1.807) is 0 Å². The third-order valence-corrected chi connectivity index (χ3v) is 2.65. The molecule has 1 rings (SSSR count). The minimum atomic E-state index is -1.36. The highest BCUT2D eigenvalue weighted by molar-refractivity contribution is 5.95. The number of methoxy groups -OCH3 is 1. The molecular weight excluding hydrogens is 286 g/mol. The number of hydrogen-bond donors (Lipinski definition) is 0. The van der Waals surface area contributed by atoms with Crippen molar-refractivity contribution in [2.75, 3.05) is 26.8 Å². The van der Waals surface area contributed by atoms with Crippen molar-refractivity contribution in [3.63, 3.8) is 0 Å². The van der Waals surface area contributed by atoms with E-state index in [0.29, 0.717) is 12.1 Å². The molecule has 0 unspecified atom stereocenters. The van der Waals surface area contributed by atoms with E-state index in [1.165, 1.54) is 13.2 Å². The standard InChI is InChI=1S/C13H14F2N2O4/c1-3-4-16(5-6-21-2)13(18)10-7-9(14)8-11(12(10)15)17(19)20/h3,7-8H,1,4-6H2,2H3. The zero-order valence-corrected chi connectivity index (χ0v) is 11.3. The van der Waals surface area contributed by atoms with Crippen molar-refractivity contribution in [1.82, 2.24) is 4.90 Å². The quantitative estimate of drug-likeness (QED) is 0.439. The minimum Gasteiger partial charge on any atom is -0.383 e. The van der Waals surface area contributed by atoms with Crippen molar-refractivity contribution in [3.05, 3.63) is 52.1 Å². The molecule has 0 saturated carbocycles. The molecule has 0 fully saturated rings. The van der Waals surface area contributed by atoms with Crippen molar-refractivity contribution in [3.8, 4) is 0 Å². The fraction of sp³-hybridized carbons (Fsp3) is 0.308. The van der Waals surface area contributed by atoms with Gasteiger partial charge in [0.2, 0.25) is 5.82 Å². The second-order valence-electron chi connectivity index (χ2n) is 4.08. The van der Waals surface area contributed by atoms with Gasteiger partial charge in [0.25, 0.3) is 5.91 Å². The molecule has 21 heavy (non-hydrogen) atoms. The van der Waals surface area contributed by atoms with Gasteiger partial charge in [-0.2, -0.15) is 4.39 Å². The van der Waals surface area contributed by atoms with E-state index >= 15 is 0 Å². The Kier molecular flexibility index (Phi) is 5.92. The number of nitro groups is 1. The first-order valence-electron chi connectivity index (χ1n) is 5.95. The second-order valence-corrected chi connectivity index (χ2v) is 4.08. The van der Waals surface area contributed by atoms with Gasteiger partial charge >= 0.3 is 5.69 Å². The summed E-state index contributed by atoms with van der Waals surface area (Å²) in [5, 5.41) is 10.7. The number of carbonyl (C=O) groups is 1. The van der Waals surface area contributed by atoms with Gasteiger partial charge in [-0.3, -0.25) is 14.9 Å². The maximum Gasteiger partial charge on any atom is 0.308 e. The summed E-state index contributed by atoms with van der Waals surface area (Å²) in [6.07, 6.45) is 1.40. The maximum atomic E-state index is 14.0. The Hall–Kier alpha value is -2.35. The minimum absolute atomic E-state index is 0.0753. The van der Waals surface area contributed by atoms with E-state index in [4.69, 9.17) is 4.74 Å². The molecule has 0 saturated heterocycles. The van der Waals surface area contributed by atoms with Crippen LogP contribution in [0.4, 0.5) is 14.5 Å². The molecule has 1 aromatic carbocycles. The summed E-state index contributed by atoms with van der Waals surface area (Å²) in [5.74, 6) is -3.29. The van der Waals surface area contributed by atoms with E-state index in [0.717, 1.165) is 4.90 Å². The Morgan fingerprint density at radius 3 is 2.71 bits per heavy atom. The molecule has 0 aromatic heterocycles. The molecule has 8 heteroatoms. The average molecular weight is 300 g/mol. The van der Waals surface area contributed by atoms with Crippen LogP contribution in [0, 0.1) is 21.7 Å². The lowest BCUT2D eigenvalue weighted by molar-refractivity contribution is -0.387. The molecule has 114 valence electrons. The van der Waals surface area contributed by atoms with Crippen LogP contribution in [0.15, 0.2) is 24.8 Å². The van der Waals surface area contributed by atoms with E-state index in [9.17, 15) is 23.7 Å². The van der Waals surface area contributed by atoms with Gasteiger partial charge < -0.3 is 9.64 Å². The molecule has 1 amide bonds. The number of carbonyl (C=O) groups excluding carboxylic acids is 1.